The number of rotatable bonds is 1. The fraction of sp³-hybridized carbons (Fsp3) is 0.545. The SMILES string of the molecule is CC(C)C1(C#N)C2C=CC=CC21. The van der Waals surface area contributed by atoms with Gasteiger partial charge in [0.1, 0.15) is 0 Å². The lowest BCUT2D eigenvalue weighted by atomic mass is 9.90. The molecular weight excluding hydrogens is 146 g/mol. The molecule has 2 aliphatic rings. The summed E-state index contributed by atoms with van der Waals surface area (Å²) in [5, 5.41) is 9.14. The fourth-order valence-electron chi connectivity index (χ4n) is 2.44. The van der Waals surface area contributed by atoms with E-state index in [1.165, 1.54) is 0 Å². The van der Waals surface area contributed by atoms with Crippen LogP contribution in [0.5, 0.6) is 0 Å². The predicted molar refractivity (Wildman–Crippen MR) is 48.1 cm³/mol. The van der Waals surface area contributed by atoms with Gasteiger partial charge in [-0.15, -0.1) is 0 Å². The Morgan fingerprint density at radius 3 is 2.08 bits per heavy atom. The van der Waals surface area contributed by atoms with Gasteiger partial charge in [0.2, 0.25) is 0 Å². The van der Waals surface area contributed by atoms with Crippen molar-refractivity contribution in [3.05, 3.63) is 24.3 Å². The smallest absolute Gasteiger partial charge is 0.0734 e. The molecule has 0 aliphatic heterocycles. The van der Waals surface area contributed by atoms with Crippen LogP contribution < -0.4 is 0 Å². The van der Waals surface area contributed by atoms with Gasteiger partial charge in [-0.3, -0.25) is 0 Å². The van der Waals surface area contributed by atoms with Gasteiger partial charge in [0.25, 0.3) is 0 Å². The molecule has 0 radical (unpaired) electrons. The first kappa shape index (κ1) is 7.61. The molecule has 0 aromatic heterocycles. The van der Waals surface area contributed by atoms with Crippen LogP contribution in [0.3, 0.4) is 0 Å². The highest BCUT2D eigenvalue weighted by molar-refractivity contribution is 5.37. The van der Waals surface area contributed by atoms with E-state index in [9.17, 15) is 0 Å². The molecule has 0 spiro atoms. The van der Waals surface area contributed by atoms with E-state index in [1.54, 1.807) is 0 Å². The molecule has 12 heavy (non-hydrogen) atoms. The molecule has 1 nitrogen and oxygen atoms in total. The summed E-state index contributed by atoms with van der Waals surface area (Å²) in [4.78, 5) is 0. The molecule has 0 heterocycles. The summed E-state index contributed by atoms with van der Waals surface area (Å²) in [6.07, 6.45) is 8.47. The average molecular weight is 159 g/mol. The van der Waals surface area contributed by atoms with E-state index >= 15 is 0 Å². The van der Waals surface area contributed by atoms with E-state index < -0.39 is 0 Å². The highest BCUT2D eigenvalue weighted by Gasteiger charge is 2.64. The number of fused-ring (bicyclic) bond motifs is 1. The lowest BCUT2D eigenvalue weighted by molar-refractivity contribution is 0.423. The van der Waals surface area contributed by atoms with Crippen molar-refractivity contribution in [2.45, 2.75) is 13.8 Å². The number of hydrogen-bond acceptors (Lipinski definition) is 1. The quantitative estimate of drug-likeness (QED) is 0.576. The highest BCUT2D eigenvalue weighted by Crippen LogP contribution is 2.65. The molecule has 0 bridgehead atoms. The molecule has 1 saturated carbocycles. The number of nitriles is 1. The van der Waals surface area contributed by atoms with Gasteiger partial charge in [-0.1, -0.05) is 38.2 Å². The number of hydrogen-bond donors (Lipinski definition) is 0. The van der Waals surface area contributed by atoms with Crippen molar-refractivity contribution in [3.8, 4) is 6.07 Å². The molecule has 2 aliphatic carbocycles. The lowest BCUT2D eigenvalue weighted by Gasteiger charge is -2.11. The van der Waals surface area contributed by atoms with Crippen LogP contribution in [0.25, 0.3) is 0 Å². The van der Waals surface area contributed by atoms with E-state index in [4.69, 9.17) is 5.26 Å². The normalized spacial score (nSPS) is 42.5. The molecule has 0 saturated heterocycles. The average Bonchev–Trinajstić information content (AvgIpc) is 2.73. The summed E-state index contributed by atoms with van der Waals surface area (Å²) in [6.45, 7) is 4.28. The third kappa shape index (κ3) is 0.679. The maximum Gasteiger partial charge on any atom is 0.0734 e. The van der Waals surface area contributed by atoms with Crippen LogP contribution >= 0.6 is 0 Å². The van der Waals surface area contributed by atoms with Gasteiger partial charge >= 0.3 is 0 Å². The minimum absolute atomic E-state index is 0.0799. The van der Waals surface area contributed by atoms with E-state index in [0.717, 1.165) is 0 Å². The largest absolute Gasteiger partial charge is 0.198 e. The Labute approximate surface area is 73.4 Å². The van der Waals surface area contributed by atoms with Gasteiger partial charge in [0, 0.05) is 11.8 Å². The van der Waals surface area contributed by atoms with E-state index in [2.05, 4.69) is 44.2 Å². The Hall–Kier alpha value is -1.03. The van der Waals surface area contributed by atoms with Gasteiger partial charge in [0.15, 0.2) is 0 Å². The summed E-state index contributed by atoms with van der Waals surface area (Å²) in [5.74, 6) is 1.45. The Morgan fingerprint density at radius 2 is 1.75 bits per heavy atom. The predicted octanol–water partition coefficient (Wildman–Crippen LogP) is 2.52. The van der Waals surface area contributed by atoms with Gasteiger partial charge in [0.05, 0.1) is 11.5 Å². The molecule has 0 N–H and O–H groups in total. The van der Waals surface area contributed by atoms with E-state index in [-0.39, 0.29) is 5.41 Å². The summed E-state index contributed by atoms with van der Waals surface area (Å²) in [6, 6.07) is 2.49. The first-order valence-corrected chi connectivity index (χ1v) is 4.49. The van der Waals surface area contributed by atoms with E-state index in [0.29, 0.717) is 17.8 Å². The summed E-state index contributed by atoms with van der Waals surface area (Å²) >= 11 is 0. The standard InChI is InChI=1S/C11H13N/c1-8(2)11(7-12)9-5-3-4-6-10(9)11/h3-6,8-10H,1-2H3. The molecular formula is C11H13N. The maximum atomic E-state index is 9.14. The molecule has 2 rings (SSSR count). The zero-order valence-corrected chi connectivity index (χ0v) is 7.49. The minimum atomic E-state index is -0.0799. The van der Waals surface area contributed by atoms with Gasteiger partial charge in [-0.2, -0.15) is 5.26 Å². The van der Waals surface area contributed by atoms with Crippen LogP contribution in [0.4, 0.5) is 0 Å². The Balaban J connectivity index is 2.32. The van der Waals surface area contributed by atoms with Crippen molar-refractivity contribution < 1.29 is 0 Å². The molecule has 0 aromatic rings. The number of nitrogens with zero attached hydrogens (tertiary/aromatic N) is 1. The van der Waals surface area contributed by atoms with Crippen molar-refractivity contribution in [1.29, 1.82) is 5.26 Å². The molecule has 0 amide bonds. The monoisotopic (exact) mass is 159 g/mol. The summed E-state index contributed by atoms with van der Waals surface area (Å²) < 4.78 is 0. The highest BCUT2D eigenvalue weighted by atomic mass is 14.7. The Bertz CT molecular complexity index is 273. The Morgan fingerprint density at radius 1 is 1.25 bits per heavy atom. The van der Waals surface area contributed by atoms with Crippen LogP contribution in [0, 0.1) is 34.5 Å². The van der Waals surface area contributed by atoms with Crippen molar-refractivity contribution in [1.82, 2.24) is 0 Å². The third-order valence-electron chi connectivity index (χ3n) is 3.28. The second kappa shape index (κ2) is 2.23. The lowest BCUT2D eigenvalue weighted by Crippen LogP contribution is -2.10. The second-order valence-electron chi connectivity index (χ2n) is 4.02. The molecule has 62 valence electrons. The second-order valence-corrected chi connectivity index (χ2v) is 4.02. The van der Waals surface area contributed by atoms with Crippen LogP contribution in [0.1, 0.15) is 13.8 Å². The first-order valence-electron chi connectivity index (χ1n) is 4.49. The first-order chi connectivity index (χ1) is 5.73. The van der Waals surface area contributed by atoms with Crippen LogP contribution in [0.2, 0.25) is 0 Å². The van der Waals surface area contributed by atoms with Gasteiger partial charge in [-0.25, -0.2) is 0 Å². The van der Waals surface area contributed by atoms with Gasteiger partial charge in [-0.05, 0) is 5.92 Å². The summed E-state index contributed by atoms with van der Waals surface area (Å²) in [7, 11) is 0. The fourth-order valence-corrected chi connectivity index (χ4v) is 2.44. The molecule has 1 fully saturated rings. The van der Waals surface area contributed by atoms with Crippen LogP contribution in [-0.4, -0.2) is 0 Å². The van der Waals surface area contributed by atoms with Crippen LogP contribution in [0.15, 0.2) is 24.3 Å². The Kier molecular flexibility index (Phi) is 1.41. The molecule has 1 heteroatoms. The van der Waals surface area contributed by atoms with Crippen molar-refractivity contribution in [2.24, 2.45) is 23.2 Å². The minimum Gasteiger partial charge on any atom is -0.198 e. The van der Waals surface area contributed by atoms with Crippen molar-refractivity contribution >= 4 is 0 Å². The third-order valence-corrected chi connectivity index (χ3v) is 3.28. The zero-order chi connectivity index (χ0) is 8.77. The van der Waals surface area contributed by atoms with E-state index in [1.807, 2.05) is 0 Å². The number of allylic oxidation sites excluding steroid dienone is 4. The topological polar surface area (TPSA) is 23.8 Å². The van der Waals surface area contributed by atoms with Gasteiger partial charge < -0.3 is 0 Å². The molecule has 2 atom stereocenters. The van der Waals surface area contributed by atoms with Crippen molar-refractivity contribution in [2.75, 3.05) is 0 Å². The molecule has 0 aromatic carbocycles. The van der Waals surface area contributed by atoms with Crippen LogP contribution in [-0.2, 0) is 0 Å². The zero-order valence-electron chi connectivity index (χ0n) is 7.49. The molecule has 2 unspecified atom stereocenters. The van der Waals surface area contributed by atoms with Crippen molar-refractivity contribution in [3.63, 3.8) is 0 Å². The summed E-state index contributed by atoms with van der Waals surface area (Å²) in [5.41, 5.74) is -0.0799. The maximum absolute atomic E-state index is 9.14.